The van der Waals surface area contributed by atoms with Crippen LogP contribution in [0.2, 0.25) is 5.02 Å². The first-order valence-corrected chi connectivity index (χ1v) is 8.69. The third-order valence-electron chi connectivity index (χ3n) is 3.98. The molecule has 0 saturated heterocycles. The van der Waals surface area contributed by atoms with Crippen LogP contribution in [0.5, 0.6) is 5.75 Å². The number of hydrogen-bond donors (Lipinski definition) is 0. The fourth-order valence-corrected chi connectivity index (χ4v) is 3.49. The molecule has 7 heteroatoms. The minimum Gasteiger partial charge on any atom is -0.497 e. The van der Waals surface area contributed by atoms with E-state index >= 15 is 0 Å². The highest BCUT2D eigenvalue weighted by Gasteiger charge is 2.21. The van der Waals surface area contributed by atoms with Gasteiger partial charge in [-0.25, -0.2) is 8.78 Å². The first-order valence-electron chi connectivity index (χ1n) is 7.52. The Morgan fingerprint density at radius 2 is 1.81 bits per heavy atom. The van der Waals surface area contributed by atoms with Crippen molar-refractivity contribution in [1.29, 1.82) is 0 Å². The second-order valence-corrected chi connectivity index (χ2v) is 6.85. The topological polar surface area (TPSA) is 31.2 Å². The van der Waals surface area contributed by atoms with Gasteiger partial charge < -0.3 is 9.30 Å². The van der Waals surface area contributed by atoms with Gasteiger partial charge in [-0.2, -0.15) is 0 Å². The number of aryl methyl sites for hydroxylation is 1. The smallest absolute Gasteiger partial charge is 0.269 e. The lowest BCUT2D eigenvalue weighted by atomic mass is 9.95. The van der Waals surface area contributed by atoms with Crippen LogP contribution in [-0.2, 0) is 7.05 Å². The molecular weight excluding hydrogens is 428 g/mol. The Bertz CT molecular complexity index is 1070. The SMILES string of the molecule is COc1ccc(Br)c(-c2cn(C)c(=O)c(Cl)c2-c2ccc(F)cc2F)c1. The average molecular weight is 441 g/mol. The van der Waals surface area contributed by atoms with Gasteiger partial charge in [0.2, 0.25) is 0 Å². The zero-order valence-electron chi connectivity index (χ0n) is 13.8. The fraction of sp³-hybridized carbons (Fsp3) is 0.105. The van der Waals surface area contributed by atoms with E-state index in [9.17, 15) is 13.6 Å². The van der Waals surface area contributed by atoms with Crippen LogP contribution in [0.4, 0.5) is 8.78 Å². The molecule has 0 aliphatic rings. The Morgan fingerprint density at radius 3 is 2.46 bits per heavy atom. The minimum absolute atomic E-state index is 0.0406. The van der Waals surface area contributed by atoms with Crippen LogP contribution in [0.1, 0.15) is 0 Å². The largest absolute Gasteiger partial charge is 0.497 e. The summed E-state index contributed by atoms with van der Waals surface area (Å²) in [6.07, 6.45) is 1.56. The van der Waals surface area contributed by atoms with Crippen molar-refractivity contribution in [3.8, 4) is 28.0 Å². The van der Waals surface area contributed by atoms with E-state index in [0.717, 1.165) is 12.1 Å². The van der Waals surface area contributed by atoms with E-state index in [1.807, 2.05) is 0 Å². The monoisotopic (exact) mass is 439 g/mol. The number of pyridine rings is 1. The Morgan fingerprint density at radius 1 is 1.08 bits per heavy atom. The van der Waals surface area contributed by atoms with Gasteiger partial charge in [0.1, 0.15) is 22.4 Å². The van der Waals surface area contributed by atoms with Crippen LogP contribution in [0.15, 0.2) is 51.9 Å². The summed E-state index contributed by atoms with van der Waals surface area (Å²) >= 11 is 9.75. The quantitative estimate of drug-likeness (QED) is 0.544. The molecule has 3 nitrogen and oxygen atoms in total. The maximum absolute atomic E-state index is 14.4. The first kappa shape index (κ1) is 18.6. The number of halogens is 4. The van der Waals surface area contributed by atoms with E-state index in [1.54, 1.807) is 31.4 Å². The summed E-state index contributed by atoms with van der Waals surface area (Å²) in [5.74, 6) is -0.936. The van der Waals surface area contributed by atoms with Crippen LogP contribution >= 0.6 is 27.5 Å². The second-order valence-electron chi connectivity index (χ2n) is 5.62. The third kappa shape index (κ3) is 3.27. The number of ether oxygens (including phenoxy) is 1. The predicted molar refractivity (Wildman–Crippen MR) is 102 cm³/mol. The van der Waals surface area contributed by atoms with Crippen molar-refractivity contribution in [2.24, 2.45) is 7.05 Å². The lowest BCUT2D eigenvalue weighted by Crippen LogP contribution is -2.18. The summed E-state index contributed by atoms with van der Waals surface area (Å²) in [7, 11) is 3.08. The number of hydrogen-bond acceptors (Lipinski definition) is 2. The molecule has 0 spiro atoms. The highest BCUT2D eigenvalue weighted by atomic mass is 79.9. The standard InChI is InChI=1S/C19H13BrClF2NO2/c1-24-9-14(13-8-11(26-2)4-6-15(13)20)17(18(21)19(24)25)12-5-3-10(22)7-16(12)23/h3-9H,1-2H3. The van der Waals surface area contributed by atoms with E-state index in [2.05, 4.69) is 15.9 Å². The van der Waals surface area contributed by atoms with E-state index in [-0.39, 0.29) is 16.1 Å². The van der Waals surface area contributed by atoms with Crippen molar-refractivity contribution in [3.05, 3.63) is 74.1 Å². The van der Waals surface area contributed by atoms with Gasteiger partial charge >= 0.3 is 0 Å². The summed E-state index contributed by atoms with van der Waals surface area (Å²) in [5, 5.41) is -0.148. The van der Waals surface area contributed by atoms with Crippen molar-refractivity contribution in [2.75, 3.05) is 7.11 Å². The van der Waals surface area contributed by atoms with Gasteiger partial charge in [0.05, 0.1) is 7.11 Å². The van der Waals surface area contributed by atoms with Crippen LogP contribution in [0, 0.1) is 11.6 Å². The number of methoxy groups -OCH3 is 1. The van der Waals surface area contributed by atoms with E-state index in [0.29, 0.717) is 21.3 Å². The maximum atomic E-state index is 14.4. The number of rotatable bonds is 3. The Hall–Kier alpha value is -2.18. The van der Waals surface area contributed by atoms with Gasteiger partial charge in [-0.15, -0.1) is 0 Å². The molecule has 134 valence electrons. The zero-order valence-corrected chi connectivity index (χ0v) is 16.2. The second kappa shape index (κ2) is 7.21. The van der Waals surface area contributed by atoms with Gasteiger partial charge in [0.15, 0.2) is 0 Å². The minimum atomic E-state index is -0.805. The predicted octanol–water partition coefficient (Wildman–Crippen LogP) is 5.42. The van der Waals surface area contributed by atoms with Gasteiger partial charge in [-0.1, -0.05) is 27.5 Å². The zero-order chi connectivity index (χ0) is 19.0. The Kier molecular flexibility index (Phi) is 5.16. The number of nitrogens with zero attached hydrogens (tertiary/aromatic N) is 1. The molecule has 0 amide bonds. The van der Waals surface area contributed by atoms with Crippen LogP contribution in [0.3, 0.4) is 0 Å². The van der Waals surface area contributed by atoms with Crippen molar-refractivity contribution < 1.29 is 13.5 Å². The summed E-state index contributed by atoms with van der Waals surface area (Å²) < 4.78 is 35.1. The molecule has 2 aromatic carbocycles. The molecule has 3 rings (SSSR count). The summed E-state index contributed by atoms with van der Waals surface area (Å²) in [6, 6.07) is 8.42. The van der Waals surface area contributed by atoms with Crippen molar-refractivity contribution in [1.82, 2.24) is 4.57 Å². The summed E-state index contributed by atoms with van der Waals surface area (Å²) in [4.78, 5) is 12.3. The molecule has 0 aliphatic heterocycles. The molecule has 1 heterocycles. The normalized spacial score (nSPS) is 10.8. The van der Waals surface area contributed by atoms with Crippen LogP contribution < -0.4 is 10.3 Å². The third-order valence-corrected chi connectivity index (χ3v) is 5.03. The summed E-state index contributed by atoms with van der Waals surface area (Å²) in [5.41, 5.74) is 0.919. The molecule has 0 radical (unpaired) electrons. The number of aromatic nitrogens is 1. The molecular formula is C19H13BrClF2NO2. The molecule has 0 fully saturated rings. The molecule has 0 saturated carbocycles. The van der Waals surface area contributed by atoms with E-state index in [4.69, 9.17) is 16.3 Å². The van der Waals surface area contributed by atoms with Crippen LogP contribution in [0.25, 0.3) is 22.3 Å². The average Bonchev–Trinajstić information content (AvgIpc) is 2.61. The fourth-order valence-electron chi connectivity index (χ4n) is 2.69. The molecule has 1 aromatic heterocycles. The number of benzene rings is 2. The lowest BCUT2D eigenvalue weighted by Gasteiger charge is -2.16. The van der Waals surface area contributed by atoms with Crippen molar-refractivity contribution in [2.45, 2.75) is 0 Å². The van der Waals surface area contributed by atoms with Crippen LogP contribution in [-0.4, -0.2) is 11.7 Å². The Balaban J connectivity index is 2.42. The highest BCUT2D eigenvalue weighted by Crippen LogP contribution is 2.41. The molecule has 0 bridgehead atoms. The molecule has 0 unspecified atom stereocenters. The van der Waals surface area contributed by atoms with Gasteiger partial charge in [0.25, 0.3) is 5.56 Å². The molecule has 0 N–H and O–H groups in total. The van der Waals surface area contributed by atoms with Crippen molar-refractivity contribution >= 4 is 27.5 Å². The van der Waals surface area contributed by atoms with E-state index < -0.39 is 17.2 Å². The summed E-state index contributed by atoms with van der Waals surface area (Å²) in [6.45, 7) is 0. The lowest BCUT2D eigenvalue weighted by molar-refractivity contribution is 0.415. The van der Waals surface area contributed by atoms with Gasteiger partial charge in [-0.3, -0.25) is 4.79 Å². The highest BCUT2D eigenvalue weighted by molar-refractivity contribution is 9.10. The Labute approximate surface area is 161 Å². The van der Waals surface area contributed by atoms with Crippen molar-refractivity contribution in [3.63, 3.8) is 0 Å². The molecule has 26 heavy (non-hydrogen) atoms. The molecule has 0 atom stereocenters. The van der Waals surface area contributed by atoms with Gasteiger partial charge in [-0.05, 0) is 30.3 Å². The van der Waals surface area contributed by atoms with Gasteiger partial charge in [0, 0.05) is 46.0 Å². The molecule has 3 aromatic rings. The van der Waals surface area contributed by atoms with E-state index in [1.165, 1.54) is 17.7 Å². The molecule has 0 aliphatic carbocycles. The maximum Gasteiger partial charge on any atom is 0.269 e. The first-order chi connectivity index (χ1) is 12.3.